The number of piperidine rings is 1. The normalized spacial score (nSPS) is 16.5. The van der Waals surface area contributed by atoms with E-state index in [2.05, 4.69) is 0 Å². The van der Waals surface area contributed by atoms with Crippen LogP contribution in [-0.2, 0) is 25.8 Å². The Morgan fingerprint density at radius 3 is 2.38 bits per heavy atom. The Labute approximate surface area is 147 Å². The Bertz CT molecular complexity index is 787. The molecule has 0 unspecified atom stereocenters. The highest BCUT2D eigenvalue weighted by molar-refractivity contribution is 7.89. The van der Waals surface area contributed by atoms with E-state index in [9.17, 15) is 31.2 Å². The molecule has 0 aliphatic carbocycles. The average Bonchev–Trinajstić information content (AvgIpc) is 2.59. The second-order valence-corrected chi connectivity index (χ2v) is 7.61. The van der Waals surface area contributed by atoms with Gasteiger partial charge < -0.3 is 10.0 Å². The minimum Gasteiger partial charge on any atom is -0.481 e. The summed E-state index contributed by atoms with van der Waals surface area (Å²) in [5, 5.41) is 8.90. The molecule has 1 fully saturated rings. The number of nitrogens with zero attached hydrogens (tertiary/aromatic N) is 1. The molecule has 0 saturated carbocycles. The molecule has 2 N–H and O–H groups in total. The van der Waals surface area contributed by atoms with E-state index in [1.807, 2.05) is 4.72 Å². The van der Waals surface area contributed by atoms with Gasteiger partial charge in [-0.25, -0.2) is 13.1 Å². The highest BCUT2D eigenvalue weighted by Crippen LogP contribution is 2.30. The molecule has 144 valence electrons. The van der Waals surface area contributed by atoms with Gasteiger partial charge in [0.2, 0.25) is 15.9 Å². The molecule has 0 spiro atoms. The molecule has 1 aromatic rings. The Hall–Kier alpha value is -2.14. The summed E-state index contributed by atoms with van der Waals surface area (Å²) in [5.41, 5.74) is -1.11. The van der Waals surface area contributed by atoms with Crippen molar-refractivity contribution in [3.63, 3.8) is 0 Å². The van der Waals surface area contributed by atoms with Crippen LogP contribution in [0.4, 0.5) is 13.2 Å². The Morgan fingerprint density at radius 2 is 1.85 bits per heavy atom. The molecule has 0 radical (unpaired) electrons. The molecule has 0 bridgehead atoms. The highest BCUT2D eigenvalue weighted by atomic mass is 32.2. The summed E-state index contributed by atoms with van der Waals surface area (Å²) in [7, 11) is -4.29. The summed E-state index contributed by atoms with van der Waals surface area (Å²) < 4.78 is 64.3. The van der Waals surface area contributed by atoms with Crippen molar-refractivity contribution < 1.29 is 36.3 Å². The predicted octanol–water partition coefficient (Wildman–Crippen LogP) is 1.31. The largest absolute Gasteiger partial charge is 0.481 e. The minimum atomic E-state index is -4.68. The number of benzene rings is 1. The topological polar surface area (TPSA) is 104 Å². The number of rotatable bonds is 5. The van der Waals surface area contributed by atoms with Gasteiger partial charge in [-0.15, -0.1) is 0 Å². The molecule has 0 atom stereocenters. The van der Waals surface area contributed by atoms with E-state index in [1.165, 1.54) is 4.90 Å². The van der Waals surface area contributed by atoms with E-state index in [-0.39, 0.29) is 25.9 Å². The zero-order valence-electron chi connectivity index (χ0n) is 13.5. The number of halogens is 3. The van der Waals surface area contributed by atoms with Crippen LogP contribution in [0.3, 0.4) is 0 Å². The Balaban J connectivity index is 1.98. The second-order valence-electron chi connectivity index (χ2n) is 5.84. The number of amides is 1. The molecular formula is C15H17F3N2O5S. The second kappa shape index (κ2) is 7.62. The van der Waals surface area contributed by atoms with Crippen molar-refractivity contribution in [3.8, 4) is 0 Å². The van der Waals surface area contributed by atoms with Crippen molar-refractivity contribution in [1.82, 2.24) is 9.62 Å². The van der Waals surface area contributed by atoms with Gasteiger partial charge in [-0.3, -0.25) is 9.59 Å². The van der Waals surface area contributed by atoms with E-state index >= 15 is 0 Å². The fourth-order valence-corrected chi connectivity index (χ4v) is 3.59. The van der Waals surface area contributed by atoms with Gasteiger partial charge in [-0.1, -0.05) is 6.07 Å². The zero-order chi connectivity index (χ0) is 19.5. The van der Waals surface area contributed by atoms with Crippen molar-refractivity contribution >= 4 is 21.9 Å². The third kappa shape index (κ3) is 4.94. The monoisotopic (exact) mass is 394 g/mol. The lowest BCUT2D eigenvalue weighted by atomic mass is 9.97. The molecule has 11 heteroatoms. The van der Waals surface area contributed by atoms with Gasteiger partial charge in [0.25, 0.3) is 0 Å². The summed E-state index contributed by atoms with van der Waals surface area (Å²) in [6.45, 7) is -0.251. The molecule has 1 heterocycles. The molecule has 1 amide bonds. The minimum absolute atomic E-state index is 0.182. The van der Waals surface area contributed by atoms with Crippen LogP contribution in [0.5, 0.6) is 0 Å². The molecule has 1 aromatic carbocycles. The lowest BCUT2D eigenvalue weighted by Crippen LogP contribution is -2.45. The number of nitrogens with one attached hydrogen (secondary N) is 1. The van der Waals surface area contributed by atoms with E-state index in [1.54, 1.807) is 0 Å². The molecule has 26 heavy (non-hydrogen) atoms. The number of hydrogen-bond acceptors (Lipinski definition) is 4. The highest BCUT2D eigenvalue weighted by Gasteiger charge is 2.32. The predicted molar refractivity (Wildman–Crippen MR) is 83.6 cm³/mol. The Kier molecular flexibility index (Phi) is 5.91. The first-order chi connectivity index (χ1) is 12.0. The van der Waals surface area contributed by atoms with Gasteiger partial charge in [0.1, 0.15) is 0 Å². The van der Waals surface area contributed by atoms with Gasteiger partial charge in [0.05, 0.1) is 22.9 Å². The number of aliphatic carboxylic acids is 1. The molecule has 1 aliphatic heterocycles. The summed E-state index contributed by atoms with van der Waals surface area (Å²) in [6.07, 6.45) is -4.15. The number of carbonyl (C=O) groups excluding carboxylic acids is 1. The lowest BCUT2D eigenvalue weighted by molar-refractivity contribution is -0.145. The lowest BCUT2D eigenvalue weighted by Gasteiger charge is -2.30. The summed E-state index contributed by atoms with van der Waals surface area (Å²) in [5.74, 6) is -2.05. The number of carboxylic acid groups (broad SMARTS) is 1. The zero-order valence-corrected chi connectivity index (χ0v) is 14.3. The van der Waals surface area contributed by atoms with Crippen LogP contribution >= 0.6 is 0 Å². The van der Waals surface area contributed by atoms with Gasteiger partial charge in [0.15, 0.2) is 0 Å². The first-order valence-electron chi connectivity index (χ1n) is 7.68. The van der Waals surface area contributed by atoms with E-state index in [4.69, 9.17) is 5.11 Å². The average molecular weight is 394 g/mol. The fraction of sp³-hybridized carbons (Fsp3) is 0.467. The molecular weight excluding hydrogens is 377 g/mol. The van der Waals surface area contributed by atoms with E-state index in [0.717, 1.165) is 18.2 Å². The SMILES string of the molecule is O=C(O)C1CCN(C(=O)CNS(=O)(=O)c2cccc(C(F)(F)F)c2)CC1. The maximum Gasteiger partial charge on any atom is 0.416 e. The number of hydrogen-bond donors (Lipinski definition) is 2. The number of alkyl halides is 3. The smallest absolute Gasteiger partial charge is 0.416 e. The molecule has 1 saturated heterocycles. The van der Waals surface area contributed by atoms with Crippen LogP contribution in [-0.4, -0.2) is 49.9 Å². The van der Waals surface area contributed by atoms with E-state index in [0.29, 0.717) is 6.07 Å². The van der Waals surface area contributed by atoms with Crippen LogP contribution in [0, 0.1) is 5.92 Å². The maximum atomic E-state index is 12.7. The first kappa shape index (κ1) is 20.2. The van der Waals surface area contributed by atoms with Crippen LogP contribution in [0.15, 0.2) is 29.2 Å². The van der Waals surface area contributed by atoms with Crippen molar-refractivity contribution in [2.24, 2.45) is 5.92 Å². The standard InChI is InChI=1S/C15H17F3N2O5S/c16-15(17,18)11-2-1-3-12(8-11)26(24,25)19-9-13(21)20-6-4-10(5-7-20)14(22)23/h1-3,8,10,19H,4-7,9H2,(H,22,23). The third-order valence-corrected chi connectivity index (χ3v) is 5.48. The summed E-state index contributed by atoms with van der Waals surface area (Å²) in [6, 6.07) is 3.21. The maximum absolute atomic E-state index is 12.7. The Morgan fingerprint density at radius 1 is 1.23 bits per heavy atom. The van der Waals surface area contributed by atoms with Gasteiger partial charge in [-0.2, -0.15) is 13.2 Å². The quantitative estimate of drug-likeness (QED) is 0.784. The summed E-state index contributed by atoms with van der Waals surface area (Å²) >= 11 is 0. The van der Waals surface area contributed by atoms with E-state index < -0.39 is 51.0 Å². The molecule has 0 aromatic heterocycles. The molecule has 2 rings (SSSR count). The number of carbonyl (C=O) groups is 2. The first-order valence-corrected chi connectivity index (χ1v) is 9.16. The van der Waals surface area contributed by atoms with Gasteiger partial charge >= 0.3 is 12.1 Å². The summed E-state index contributed by atoms with van der Waals surface area (Å²) in [4.78, 5) is 23.7. The van der Waals surface area contributed by atoms with Crippen molar-refractivity contribution in [1.29, 1.82) is 0 Å². The fourth-order valence-electron chi connectivity index (χ4n) is 2.57. The van der Waals surface area contributed by atoms with Crippen molar-refractivity contribution in [2.75, 3.05) is 19.6 Å². The number of sulfonamides is 1. The van der Waals surface area contributed by atoms with Gasteiger partial charge in [-0.05, 0) is 31.0 Å². The molecule has 1 aliphatic rings. The van der Waals surface area contributed by atoms with Crippen LogP contribution < -0.4 is 4.72 Å². The van der Waals surface area contributed by atoms with Crippen molar-refractivity contribution in [2.45, 2.75) is 23.9 Å². The number of carboxylic acids is 1. The van der Waals surface area contributed by atoms with Crippen molar-refractivity contribution in [3.05, 3.63) is 29.8 Å². The molecule has 7 nitrogen and oxygen atoms in total. The number of likely N-dealkylation sites (tertiary alicyclic amines) is 1. The third-order valence-electron chi connectivity index (χ3n) is 4.08. The van der Waals surface area contributed by atoms with Gasteiger partial charge in [0, 0.05) is 13.1 Å². The van der Waals surface area contributed by atoms with Crippen LogP contribution in [0.2, 0.25) is 0 Å². The van der Waals surface area contributed by atoms with Crippen LogP contribution in [0.1, 0.15) is 18.4 Å². The van der Waals surface area contributed by atoms with Crippen LogP contribution in [0.25, 0.3) is 0 Å².